The van der Waals surface area contributed by atoms with Gasteiger partial charge in [-0.2, -0.15) is 0 Å². The average molecular weight is 354 g/mol. The monoisotopic (exact) mass is 354 g/mol. The largest absolute Gasteiger partial charge is 0.491 e. The van der Waals surface area contributed by atoms with Gasteiger partial charge in [-0.05, 0) is 57.3 Å². The van der Waals surface area contributed by atoms with Gasteiger partial charge in [-0.15, -0.1) is 0 Å². The van der Waals surface area contributed by atoms with Crippen molar-refractivity contribution < 1.29 is 9.53 Å². The van der Waals surface area contributed by atoms with Crippen molar-refractivity contribution in [3.05, 3.63) is 48.3 Å². The number of pyridine rings is 1. The van der Waals surface area contributed by atoms with Crippen LogP contribution in [0.4, 0.5) is 11.4 Å². The molecule has 6 heteroatoms. The summed E-state index contributed by atoms with van der Waals surface area (Å²) in [5.41, 5.74) is 2.28. The van der Waals surface area contributed by atoms with E-state index in [2.05, 4.69) is 22.2 Å². The summed E-state index contributed by atoms with van der Waals surface area (Å²) in [5, 5.41) is 3.29. The van der Waals surface area contributed by atoms with E-state index in [9.17, 15) is 4.79 Å². The molecule has 1 saturated heterocycles. The fraction of sp³-hybridized carbons (Fsp3) is 0.400. The highest BCUT2D eigenvalue weighted by atomic mass is 16.5. The highest BCUT2D eigenvalue weighted by Crippen LogP contribution is 2.20. The molecule has 1 N–H and O–H groups in total. The van der Waals surface area contributed by atoms with Crippen LogP contribution in [-0.4, -0.2) is 60.0 Å². The fourth-order valence-electron chi connectivity index (χ4n) is 2.82. The van der Waals surface area contributed by atoms with E-state index in [1.54, 1.807) is 12.3 Å². The van der Waals surface area contributed by atoms with Gasteiger partial charge < -0.3 is 19.9 Å². The molecule has 1 aromatic carbocycles. The first kappa shape index (κ1) is 18.2. The number of rotatable bonds is 5. The number of carbonyl (C=O) groups excluding carboxylic acids is 1. The topological polar surface area (TPSA) is 57.7 Å². The first-order chi connectivity index (χ1) is 12.5. The minimum atomic E-state index is -0.000151. The number of hydrogen-bond acceptors (Lipinski definition) is 5. The van der Waals surface area contributed by atoms with Gasteiger partial charge in [0, 0.05) is 31.9 Å². The van der Waals surface area contributed by atoms with E-state index in [0.29, 0.717) is 5.69 Å². The van der Waals surface area contributed by atoms with Crippen LogP contribution in [0, 0.1) is 0 Å². The quantitative estimate of drug-likeness (QED) is 0.894. The van der Waals surface area contributed by atoms with Crippen LogP contribution in [0.5, 0.6) is 5.75 Å². The maximum atomic E-state index is 12.5. The Morgan fingerprint density at radius 1 is 1.04 bits per heavy atom. The predicted octanol–water partition coefficient (Wildman–Crippen LogP) is 3.00. The van der Waals surface area contributed by atoms with E-state index in [4.69, 9.17) is 4.74 Å². The third-order valence-corrected chi connectivity index (χ3v) is 4.29. The van der Waals surface area contributed by atoms with Gasteiger partial charge in [-0.1, -0.05) is 0 Å². The van der Waals surface area contributed by atoms with Gasteiger partial charge in [0.15, 0.2) is 0 Å². The van der Waals surface area contributed by atoms with Crippen molar-refractivity contribution in [2.24, 2.45) is 0 Å². The molecule has 2 heterocycles. The van der Waals surface area contributed by atoms with Crippen molar-refractivity contribution in [2.75, 3.05) is 38.5 Å². The van der Waals surface area contributed by atoms with Gasteiger partial charge in [-0.3, -0.25) is 4.79 Å². The highest BCUT2D eigenvalue weighted by molar-refractivity contribution is 5.92. The molecule has 0 atom stereocenters. The second-order valence-corrected chi connectivity index (χ2v) is 6.84. The number of anilines is 2. The number of nitrogens with zero attached hydrogens (tertiary/aromatic N) is 3. The number of amides is 1. The van der Waals surface area contributed by atoms with Crippen molar-refractivity contribution in [3.8, 4) is 5.75 Å². The first-order valence-corrected chi connectivity index (χ1v) is 8.99. The lowest BCUT2D eigenvalue weighted by atomic mass is 10.2. The molecule has 0 bridgehead atoms. The summed E-state index contributed by atoms with van der Waals surface area (Å²) in [7, 11) is 2.07. The molecular formula is C20H26N4O2. The summed E-state index contributed by atoms with van der Waals surface area (Å²) < 4.78 is 5.64. The van der Waals surface area contributed by atoms with Gasteiger partial charge in [-0.25, -0.2) is 4.98 Å². The molecule has 0 saturated carbocycles. The Labute approximate surface area is 154 Å². The van der Waals surface area contributed by atoms with Crippen LogP contribution in [0.15, 0.2) is 42.6 Å². The lowest BCUT2D eigenvalue weighted by Gasteiger charge is -2.32. The zero-order valence-corrected chi connectivity index (χ0v) is 15.6. The summed E-state index contributed by atoms with van der Waals surface area (Å²) in [6.07, 6.45) is 1.85. The van der Waals surface area contributed by atoms with Crippen LogP contribution < -0.4 is 10.1 Å². The van der Waals surface area contributed by atoms with Crippen LogP contribution in [0.25, 0.3) is 0 Å². The molecular weight excluding hydrogens is 328 g/mol. The average Bonchev–Trinajstić information content (AvgIpc) is 2.64. The summed E-state index contributed by atoms with van der Waals surface area (Å²) in [6, 6.07) is 11.4. The standard InChI is InChI=1S/C20H26N4O2/c1-15(2)26-18-7-4-16(5-8-18)22-17-6-9-19(21-14-17)20(25)24-12-10-23(3)11-13-24/h4-9,14-15,22H,10-13H2,1-3H3. The maximum Gasteiger partial charge on any atom is 0.272 e. The molecule has 1 amide bonds. The molecule has 1 fully saturated rings. The summed E-state index contributed by atoms with van der Waals surface area (Å²) in [6.45, 7) is 7.32. The van der Waals surface area contributed by atoms with Crippen LogP contribution in [0.1, 0.15) is 24.3 Å². The van der Waals surface area contributed by atoms with Gasteiger partial charge in [0.05, 0.1) is 18.0 Å². The number of likely N-dealkylation sites (N-methyl/N-ethyl adjacent to an activating group) is 1. The maximum absolute atomic E-state index is 12.5. The zero-order valence-electron chi connectivity index (χ0n) is 15.6. The van der Waals surface area contributed by atoms with E-state index in [1.165, 1.54) is 0 Å². The number of nitrogens with one attached hydrogen (secondary N) is 1. The molecule has 138 valence electrons. The second-order valence-electron chi connectivity index (χ2n) is 6.84. The van der Waals surface area contributed by atoms with Crippen LogP contribution in [-0.2, 0) is 0 Å². The number of benzene rings is 1. The van der Waals surface area contributed by atoms with Crippen molar-refractivity contribution >= 4 is 17.3 Å². The number of aromatic nitrogens is 1. The molecule has 0 unspecified atom stereocenters. The van der Waals surface area contributed by atoms with Crippen LogP contribution in [0.3, 0.4) is 0 Å². The predicted molar refractivity (Wildman–Crippen MR) is 103 cm³/mol. The number of carbonyl (C=O) groups is 1. The van der Waals surface area contributed by atoms with Gasteiger partial charge in [0.1, 0.15) is 11.4 Å². The SMILES string of the molecule is CC(C)Oc1ccc(Nc2ccc(C(=O)N3CCN(C)CC3)nc2)cc1. The molecule has 0 spiro atoms. The molecule has 1 aliphatic rings. The molecule has 6 nitrogen and oxygen atoms in total. The minimum absolute atomic E-state index is 0.000151. The van der Waals surface area contributed by atoms with Crippen molar-refractivity contribution in [2.45, 2.75) is 20.0 Å². The van der Waals surface area contributed by atoms with Gasteiger partial charge in [0.2, 0.25) is 0 Å². The Morgan fingerprint density at radius 3 is 2.27 bits per heavy atom. The molecule has 1 aromatic heterocycles. The molecule has 26 heavy (non-hydrogen) atoms. The van der Waals surface area contributed by atoms with Gasteiger partial charge in [0.25, 0.3) is 5.91 Å². The Kier molecular flexibility index (Phi) is 5.73. The highest BCUT2D eigenvalue weighted by Gasteiger charge is 2.21. The molecule has 0 radical (unpaired) electrons. The Hall–Kier alpha value is -2.60. The summed E-state index contributed by atoms with van der Waals surface area (Å²) in [4.78, 5) is 20.9. The zero-order chi connectivity index (χ0) is 18.5. The Balaban J connectivity index is 1.59. The fourth-order valence-corrected chi connectivity index (χ4v) is 2.82. The molecule has 2 aromatic rings. The third-order valence-electron chi connectivity index (χ3n) is 4.29. The smallest absolute Gasteiger partial charge is 0.272 e. The Bertz CT molecular complexity index is 720. The van der Waals surface area contributed by atoms with Crippen LogP contribution >= 0.6 is 0 Å². The third kappa shape index (κ3) is 4.73. The number of ether oxygens (including phenoxy) is 1. The summed E-state index contributed by atoms with van der Waals surface area (Å²) >= 11 is 0. The number of hydrogen-bond donors (Lipinski definition) is 1. The van der Waals surface area contributed by atoms with E-state index in [-0.39, 0.29) is 12.0 Å². The van der Waals surface area contributed by atoms with E-state index in [1.807, 2.05) is 49.1 Å². The lowest BCUT2D eigenvalue weighted by Crippen LogP contribution is -2.47. The first-order valence-electron chi connectivity index (χ1n) is 8.99. The normalized spacial score (nSPS) is 15.2. The Morgan fingerprint density at radius 2 is 1.69 bits per heavy atom. The van der Waals surface area contributed by atoms with E-state index < -0.39 is 0 Å². The lowest BCUT2D eigenvalue weighted by molar-refractivity contribution is 0.0658. The second kappa shape index (κ2) is 8.19. The van der Waals surface area contributed by atoms with Crippen molar-refractivity contribution in [3.63, 3.8) is 0 Å². The van der Waals surface area contributed by atoms with E-state index >= 15 is 0 Å². The minimum Gasteiger partial charge on any atom is -0.491 e. The van der Waals surface area contributed by atoms with Crippen LogP contribution in [0.2, 0.25) is 0 Å². The molecule has 3 rings (SSSR count). The van der Waals surface area contributed by atoms with Crippen molar-refractivity contribution in [1.29, 1.82) is 0 Å². The molecule has 0 aliphatic carbocycles. The van der Waals surface area contributed by atoms with Gasteiger partial charge >= 0.3 is 0 Å². The summed E-state index contributed by atoms with van der Waals surface area (Å²) in [5.74, 6) is 0.844. The van der Waals surface area contributed by atoms with Crippen molar-refractivity contribution in [1.82, 2.24) is 14.8 Å². The molecule has 1 aliphatic heterocycles. The van der Waals surface area contributed by atoms with E-state index in [0.717, 1.165) is 43.3 Å². The number of piperazine rings is 1.